The van der Waals surface area contributed by atoms with E-state index in [9.17, 15) is 18.0 Å². The van der Waals surface area contributed by atoms with E-state index in [0.29, 0.717) is 18.4 Å². The van der Waals surface area contributed by atoms with Gasteiger partial charge in [0.15, 0.2) is 6.61 Å². The van der Waals surface area contributed by atoms with Gasteiger partial charge in [0.1, 0.15) is 5.75 Å². The van der Waals surface area contributed by atoms with Gasteiger partial charge in [0.25, 0.3) is 0 Å². The van der Waals surface area contributed by atoms with E-state index in [1.165, 1.54) is 12.1 Å². The molecule has 0 saturated carbocycles. The molecular formula is C19H17F3N2O2. The van der Waals surface area contributed by atoms with Crippen LogP contribution < -0.4 is 10.1 Å². The predicted octanol–water partition coefficient (Wildman–Crippen LogP) is 3.75. The zero-order chi connectivity index (χ0) is 19.0. The molecule has 0 aliphatic heterocycles. The molecule has 4 nitrogen and oxygen atoms in total. The van der Waals surface area contributed by atoms with Crippen molar-refractivity contribution in [3.63, 3.8) is 0 Å². The third-order valence-electron chi connectivity index (χ3n) is 3.54. The number of hydrogen-bond acceptors (Lipinski definition) is 3. The van der Waals surface area contributed by atoms with Crippen LogP contribution in [0, 0.1) is 11.3 Å². The highest BCUT2D eigenvalue weighted by molar-refractivity contribution is 5.76. The van der Waals surface area contributed by atoms with Gasteiger partial charge in [-0.2, -0.15) is 18.4 Å². The van der Waals surface area contributed by atoms with Crippen molar-refractivity contribution >= 4 is 5.91 Å². The third-order valence-corrected chi connectivity index (χ3v) is 3.54. The van der Waals surface area contributed by atoms with Crippen LogP contribution in [0.3, 0.4) is 0 Å². The number of alkyl halides is 3. The fraction of sp³-hybridized carbons (Fsp3) is 0.263. The highest BCUT2D eigenvalue weighted by atomic mass is 19.4. The largest absolute Gasteiger partial charge is 0.484 e. The van der Waals surface area contributed by atoms with E-state index < -0.39 is 12.8 Å². The average molecular weight is 362 g/mol. The number of amides is 1. The van der Waals surface area contributed by atoms with Crippen molar-refractivity contribution in [3.05, 3.63) is 65.2 Å². The highest BCUT2D eigenvalue weighted by Crippen LogP contribution is 2.18. The van der Waals surface area contributed by atoms with Gasteiger partial charge in [-0.25, -0.2) is 0 Å². The number of nitrogens with one attached hydrogen (secondary N) is 1. The number of benzene rings is 2. The molecule has 0 radical (unpaired) electrons. The van der Waals surface area contributed by atoms with E-state index in [2.05, 4.69) is 10.1 Å². The summed E-state index contributed by atoms with van der Waals surface area (Å²) in [4.78, 5) is 11.9. The zero-order valence-electron chi connectivity index (χ0n) is 13.8. The minimum atomic E-state index is -4.37. The summed E-state index contributed by atoms with van der Waals surface area (Å²) < 4.78 is 40.9. The SMILES string of the molecule is N#Cc1ccc(CCC(=O)NCc2ccc(OCC(F)(F)F)cc2)cc1. The predicted molar refractivity (Wildman–Crippen MR) is 89.3 cm³/mol. The average Bonchev–Trinajstić information content (AvgIpc) is 2.63. The number of rotatable bonds is 7. The summed E-state index contributed by atoms with van der Waals surface area (Å²) in [5, 5.41) is 11.5. The van der Waals surface area contributed by atoms with Crippen LogP contribution in [0.5, 0.6) is 5.75 Å². The Bertz CT molecular complexity index is 763. The fourth-order valence-electron chi connectivity index (χ4n) is 2.16. The summed E-state index contributed by atoms with van der Waals surface area (Å²) in [6, 6.07) is 15.1. The zero-order valence-corrected chi connectivity index (χ0v) is 13.8. The monoisotopic (exact) mass is 362 g/mol. The normalized spacial score (nSPS) is 10.8. The van der Waals surface area contributed by atoms with Gasteiger partial charge in [0.2, 0.25) is 5.91 Å². The van der Waals surface area contributed by atoms with Gasteiger partial charge in [-0.05, 0) is 41.8 Å². The van der Waals surface area contributed by atoms with Crippen molar-refractivity contribution in [2.45, 2.75) is 25.6 Å². The van der Waals surface area contributed by atoms with Crippen LogP contribution in [0.15, 0.2) is 48.5 Å². The van der Waals surface area contributed by atoms with Crippen molar-refractivity contribution < 1.29 is 22.7 Å². The highest BCUT2D eigenvalue weighted by Gasteiger charge is 2.28. The smallest absolute Gasteiger partial charge is 0.422 e. The lowest BCUT2D eigenvalue weighted by molar-refractivity contribution is -0.153. The molecule has 26 heavy (non-hydrogen) atoms. The molecule has 0 heterocycles. The number of nitrogens with zero attached hydrogens (tertiary/aromatic N) is 1. The Morgan fingerprint density at radius 3 is 2.23 bits per heavy atom. The van der Waals surface area contributed by atoms with Gasteiger partial charge >= 0.3 is 6.18 Å². The molecule has 1 N–H and O–H groups in total. The molecule has 2 aromatic carbocycles. The number of carbonyl (C=O) groups is 1. The van der Waals surface area contributed by atoms with Crippen molar-refractivity contribution in [1.29, 1.82) is 5.26 Å². The van der Waals surface area contributed by atoms with E-state index in [-0.39, 0.29) is 18.2 Å². The van der Waals surface area contributed by atoms with Gasteiger partial charge < -0.3 is 10.1 Å². The maximum atomic E-state index is 12.1. The Labute approximate surface area is 149 Å². The molecule has 0 atom stereocenters. The van der Waals surface area contributed by atoms with E-state index in [0.717, 1.165) is 11.1 Å². The van der Waals surface area contributed by atoms with Gasteiger partial charge in [-0.3, -0.25) is 4.79 Å². The maximum absolute atomic E-state index is 12.1. The molecule has 0 aliphatic rings. The summed E-state index contributed by atoms with van der Waals surface area (Å²) in [5.74, 6) is -0.00928. The first-order valence-corrected chi connectivity index (χ1v) is 7.90. The molecule has 0 saturated heterocycles. The van der Waals surface area contributed by atoms with Crippen LogP contribution >= 0.6 is 0 Å². The molecule has 0 fully saturated rings. The summed E-state index contributed by atoms with van der Waals surface area (Å²) >= 11 is 0. The molecule has 7 heteroatoms. The lowest BCUT2D eigenvalue weighted by Crippen LogP contribution is -2.23. The molecule has 2 rings (SSSR count). The molecule has 0 aromatic heterocycles. The summed E-state index contributed by atoms with van der Waals surface area (Å²) in [7, 11) is 0. The molecule has 1 amide bonds. The Balaban J connectivity index is 1.73. The second-order valence-corrected chi connectivity index (χ2v) is 5.63. The van der Waals surface area contributed by atoms with Crippen LogP contribution in [0.4, 0.5) is 13.2 Å². The standard InChI is InChI=1S/C19H17F3N2O2/c20-19(21,22)13-26-17-8-5-16(6-9-17)12-24-18(25)10-7-14-1-3-15(11-23)4-2-14/h1-6,8-9H,7,10,12-13H2,(H,24,25). The first kappa shape index (κ1) is 19.3. The van der Waals surface area contributed by atoms with Gasteiger partial charge in [0.05, 0.1) is 11.6 Å². The first-order valence-electron chi connectivity index (χ1n) is 7.90. The number of hydrogen-bond donors (Lipinski definition) is 1. The van der Waals surface area contributed by atoms with E-state index in [4.69, 9.17) is 5.26 Å². The van der Waals surface area contributed by atoms with Crippen molar-refractivity contribution in [2.24, 2.45) is 0 Å². The second-order valence-electron chi connectivity index (χ2n) is 5.63. The topological polar surface area (TPSA) is 62.1 Å². The number of aryl methyl sites for hydroxylation is 1. The second kappa shape index (κ2) is 8.90. The Kier molecular flexibility index (Phi) is 6.61. The van der Waals surface area contributed by atoms with Crippen LogP contribution in [0.25, 0.3) is 0 Å². The molecule has 136 valence electrons. The molecule has 2 aromatic rings. The number of nitriles is 1. The molecule has 0 spiro atoms. The quantitative estimate of drug-likeness (QED) is 0.816. The van der Waals surface area contributed by atoms with Crippen molar-refractivity contribution in [2.75, 3.05) is 6.61 Å². The lowest BCUT2D eigenvalue weighted by Gasteiger charge is -2.10. The summed E-state index contributed by atoms with van der Waals surface area (Å²) in [6.07, 6.45) is -3.51. The molecule has 0 bridgehead atoms. The van der Waals surface area contributed by atoms with Gasteiger partial charge in [0, 0.05) is 13.0 Å². The van der Waals surface area contributed by atoms with Crippen LogP contribution in [-0.2, 0) is 17.8 Å². The first-order chi connectivity index (χ1) is 12.4. The minimum absolute atomic E-state index is 0.123. The fourth-order valence-corrected chi connectivity index (χ4v) is 2.16. The van der Waals surface area contributed by atoms with E-state index >= 15 is 0 Å². The minimum Gasteiger partial charge on any atom is -0.484 e. The van der Waals surface area contributed by atoms with E-state index in [1.54, 1.807) is 24.3 Å². The third kappa shape index (κ3) is 6.85. The molecule has 0 unspecified atom stereocenters. The Morgan fingerprint density at radius 1 is 1.04 bits per heavy atom. The summed E-state index contributed by atoms with van der Waals surface area (Å²) in [5.41, 5.74) is 2.29. The van der Waals surface area contributed by atoms with Crippen LogP contribution in [0.1, 0.15) is 23.1 Å². The molecular weight excluding hydrogens is 345 g/mol. The van der Waals surface area contributed by atoms with Crippen molar-refractivity contribution in [3.8, 4) is 11.8 Å². The van der Waals surface area contributed by atoms with Gasteiger partial charge in [-0.1, -0.05) is 24.3 Å². The van der Waals surface area contributed by atoms with Gasteiger partial charge in [-0.15, -0.1) is 0 Å². The summed E-state index contributed by atoms with van der Waals surface area (Å²) in [6.45, 7) is -1.05. The van der Waals surface area contributed by atoms with E-state index in [1.807, 2.05) is 18.2 Å². The number of ether oxygens (including phenoxy) is 1. The van der Waals surface area contributed by atoms with Crippen LogP contribution in [-0.4, -0.2) is 18.7 Å². The molecule has 0 aliphatic carbocycles. The maximum Gasteiger partial charge on any atom is 0.422 e. The lowest BCUT2D eigenvalue weighted by atomic mass is 10.1. The number of carbonyl (C=O) groups excluding carboxylic acids is 1. The Hall–Kier alpha value is -3.01. The Morgan fingerprint density at radius 2 is 1.65 bits per heavy atom. The van der Waals surface area contributed by atoms with Crippen molar-refractivity contribution in [1.82, 2.24) is 5.32 Å². The van der Waals surface area contributed by atoms with Crippen LogP contribution in [0.2, 0.25) is 0 Å². The number of halogens is 3.